The van der Waals surface area contributed by atoms with Gasteiger partial charge in [-0.2, -0.15) is 4.39 Å². The Labute approximate surface area is 86.9 Å². The summed E-state index contributed by atoms with van der Waals surface area (Å²) in [6.07, 6.45) is 0. The molecule has 0 atom stereocenters. The largest absolute Gasteiger partial charge is 0.322 e. The zero-order valence-corrected chi connectivity index (χ0v) is 8.23. The van der Waals surface area contributed by atoms with Gasteiger partial charge >= 0.3 is 5.69 Å². The average molecular weight is 232 g/mol. The maximum Gasteiger partial charge on any atom is 0.322 e. The van der Waals surface area contributed by atoms with Gasteiger partial charge in [0, 0.05) is 11.5 Å². The lowest BCUT2D eigenvalue weighted by Crippen LogP contribution is -1.92. The highest BCUT2D eigenvalue weighted by molar-refractivity contribution is 7.17. The number of halogens is 2. The van der Waals surface area contributed by atoms with Crippen molar-refractivity contribution in [3.05, 3.63) is 38.5 Å². The van der Waals surface area contributed by atoms with E-state index in [1.165, 1.54) is 0 Å². The van der Waals surface area contributed by atoms with Crippen LogP contribution in [0.25, 0.3) is 10.1 Å². The maximum absolute atomic E-state index is 13.2. The van der Waals surface area contributed by atoms with E-state index in [-0.39, 0.29) is 9.72 Å². The van der Waals surface area contributed by atoms with E-state index < -0.39 is 16.4 Å². The Morgan fingerprint density at radius 2 is 2.29 bits per heavy atom. The van der Waals surface area contributed by atoms with Crippen LogP contribution < -0.4 is 0 Å². The van der Waals surface area contributed by atoms with E-state index in [4.69, 9.17) is 11.6 Å². The number of fused-ring (bicyclic) bond motifs is 1. The second-order valence-electron chi connectivity index (χ2n) is 2.61. The number of nitrogens with zero attached hydrogens (tertiary/aromatic N) is 1. The van der Waals surface area contributed by atoms with Crippen LogP contribution in [0.2, 0.25) is 5.02 Å². The van der Waals surface area contributed by atoms with Gasteiger partial charge in [0.2, 0.25) is 5.82 Å². The summed E-state index contributed by atoms with van der Waals surface area (Å²) in [6.45, 7) is 0. The molecule has 0 saturated carbocycles. The van der Waals surface area contributed by atoms with Gasteiger partial charge in [-0.15, -0.1) is 11.3 Å². The standard InChI is InChI=1S/C8H3ClFNO2S/c9-5-3-6(10)7(11(12)13)8-4(5)1-2-14-8/h1-3H. The van der Waals surface area contributed by atoms with Crippen molar-refractivity contribution in [1.82, 2.24) is 0 Å². The summed E-state index contributed by atoms with van der Waals surface area (Å²) in [5.74, 6) is -0.894. The molecule has 3 nitrogen and oxygen atoms in total. The van der Waals surface area contributed by atoms with Gasteiger partial charge in [0.05, 0.1) is 9.95 Å². The molecule has 0 fully saturated rings. The lowest BCUT2D eigenvalue weighted by atomic mass is 10.2. The fourth-order valence-electron chi connectivity index (χ4n) is 1.22. The molecule has 72 valence electrons. The first-order chi connectivity index (χ1) is 6.61. The molecule has 0 amide bonds. The molecule has 0 bridgehead atoms. The van der Waals surface area contributed by atoms with Crippen LogP contribution in [0.4, 0.5) is 10.1 Å². The first-order valence-electron chi connectivity index (χ1n) is 3.61. The number of benzene rings is 1. The molecule has 1 aromatic heterocycles. The third-order valence-electron chi connectivity index (χ3n) is 1.80. The Balaban J connectivity index is 2.93. The van der Waals surface area contributed by atoms with Crippen molar-refractivity contribution >= 4 is 38.7 Å². The summed E-state index contributed by atoms with van der Waals surface area (Å²) in [5, 5.41) is 12.9. The van der Waals surface area contributed by atoms with Gasteiger partial charge in [-0.25, -0.2) is 0 Å². The van der Waals surface area contributed by atoms with Gasteiger partial charge in [-0.05, 0) is 11.4 Å². The summed E-state index contributed by atoms with van der Waals surface area (Å²) in [7, 11) is 0. The highest BCUT2D eigenvalue weighted by Gasteiger charge is 2.21. The molecule has 2 aromatic rings. The summed E-state index contributed by atoms with van der Waals surface area (Å²) < 4.78 is 13.5. The van der Waals surface area contributed by atoms with Gasteiger partial charge in [0.15, 0.2) is 0 Å². The Morgan fingerprint density at radius 3 is 2.93 bits per heavy atom. The topological polar surface area (TPSA) is 43.1 Å². The van der Waals surface area contributed by atoms with E-state index in [0.717, 1.165) is 17.4 Å². The first-order valence-corrected chi connectivity index (χ1v) is 4.86. The van der Waals surface area contributed by atoms with Crippen molar-refractivity contribution in [3.8, 4) is 0 Å². The lowest BCUT2D eigenvalue weighted by molar-refractivity contribution is -0.385. The van der Waals surface area contributed by atoms with Crippen LogP contribution in [0, 0.1) is 15.9 Å². The van der Waals surface area contributed by atoms with Gasteiger partial charge < -0.3 is 0 Å². The van der Waals surface area contributed by atoms with Gasteiger partial charge in [0.25, 0.3) is 0 Å². The minimum absolute atomic E-state index is 0.198. The van der Waals surface area contributed by atoms with Crippen LogP contribution in [-0.2, 0) is 0 Å². The van der Waals surface area contributed by atoms with E-state index in [1.807, 2.05) is 0 Å². The fraction of sp³-hybridized carbons (Fsp3) is 0. The third kappa shape index (κ3) is 1.25. The minimum atomic E-state index is -0.894. The Bertz CT molecular complexity index is 525. The van der Waals surface area contributed by atoms with E-state index in [9.17, 15) is 14.5 Å². The van der Waals surface area contributed by atoms with Crippen molar-refractivity contribution < 1.29 is 9.31 Å². The first kappa shape index (κ1) is 9.36. The van der Waals surface area contributed by atoms with Crippen LogP contribution in [-0.4, -0.2) is 4.92 Å². The van der Waals surface area contributed by atoms with Crippen LogP contribution in [0.3, 0.4) is 0 Å². The Hall–Kier alpha value is -1.20. The smallest absolute Gasteiger partial charge is 0.258 e. The second-order valence-corrected chi connectivity index (χ2v) is 3.93. The van der Waals surface area contributed by atoms with Crippen molar-refractivity contribution in [2.75, 3.05) is 0 Å². The molecule has 0 N–H and O–H groups in total. The normalized spacial score (nSPS) is 10.7. The molecule has 0 aliphatic heterocycles. The van der Waals surface area contributed by atoms with Crippen LogP contribution in [0.1, 0.15) is 0 Å². The molecule has 6 heteroatoms. The second kappa shape index (κ2) is 3.18. The molecule has 1 aromatic carbocycles. The lowest BCUT2D eigenvalue weighted by Gasteiger charge is -1.97. The predicted molar refractivity (Wildman–Crippen MR) is 53.4 cm³/mol. The molecular weight excluding hydrogens is 229 g/mol. The quantitative estimate of drug-likeness (QED) is 0.556. The monoisotopic (exact) mass is 231 g/mol. The minimum Gasteiger partial charge on any atom is -0.258 e. The number of nitro groups is 1. The molecule has 0 aliphatic carbocycles. The third-order valence-corrected chi connectivity index (χ3v) is 3.03. The molecule has 0 aliphatic rings. The van der Waals surface area contributed by atoms with Gasteiger partial charge in [-0.1, -0.05) is 11.6 Å². The Kier molecular flexibility index (Phi) is 2.13. The molecule has 14 heavy (non-hydrogen) atoms. The van der Waals surface area contributed by atoms with Crippen LogP contribution >= 0.6 is 22.9 Å². The molecule has 0 unspecified atom stereocenters. The predicted octanol–water partition coefficient (Wildman–Crippen LogP) is 3.60. The molecule has 0 spiro atoms. The molecular formula is C8H3ClFNO2S. The average Bonchev–Trinajstić information content (AvgIpc) is 2.51. The van der Waals surface area contributed by atoms with Crippen LogP contribution in [0.15, 0.2) is 17.5 Å². The number of hydrogen-bond acceptors (Lipinski definition) is 3. The highest BCUT2D eigenvalue weighted by atomic mass is 35.5. The number of hydrogen-bond donors (Lipinski definition) is 0. The summed E-state index contributed by atoms with van der Waals surface area (Å²) in [6, 6.07) is 2.60. The number of thiophene rings is 1. The van der Waals surface area contributed by atoms with Crippen molar-refractivity contribution in [2.45, 2.75) is 0 Å². The SMILES string of the molecule is O=[N+]([O-])c1c(F)cc(Cl)c2ccsc12. The molecule has 1 heterocycles. The molecule has 0 saturated heterocycles. The summed E-state index contributed by atoms with van der Waals surface area (Å²) >= 11 is 6.83. The van der Waals surface area contributed by atoms with E-state index in [2.05, 4.69) is 0 Å². The number of rotatable bonds is 1. The molecule has 2 rings (SSSR count). The number of nitro benzene ring substituents is 1. The zero-order valence-electron chi connectivity index (χ0n) is 6.66. The van der Waals surface area contributed by atoms with Gasteiger partial charge in [0.1, 0.15) is 4.70 Å². The summed E-state index contributed by atoms with van der Waals surface area (Å²) in [4.78, 5) is 9.84. The summed E-state index contributed by atoms with van der Waals surface area (Å²) in [5.41, 5.74) is -0.501. The van der Waals surface area contributed by atoms with E-state index >= 15 is 0 Å². The van der Waals surface area contributed by atoms with E-state index in [0.29, 0.717) is 5.39 Å². The van der Waals surface area contributed by atoms with Crippen molar-refractivity contribution in [2.24, 2.45) is 0 Å². The van der Waals surface area contributed by atoms with Crippen molar-refractivity contribution in [1.29, 1.82) is 0 Å². The highest BCUT2D eigenvalue weighted by Crippen LogP contribution is 2.37. The van der Waals surface area contributed by atoms with E-state index in [1.54, 1.807) is 11.4 Å². The van der Waals surface area contributed by atoms with Crippen LogP contribution in [0.5, 0.6) is 0 Å². The van der Waals surface area contributed by atoms with Gasteiger partial charge in [-0.3, -0.25) is 10.1 Å². The Morgan fingerprint density at radius 1 is 1.57 bits per heavy atom. The van der Waals surface area contributed by atoms with Crippen molar-refractivity contribution in [3.63, 3.8) is 0 Å². The maximum atomic E-state index is 13.2. The molecule has 0 radical (unpaired) electrons. The zero-order chi connectivity index (χ0) is 10.3. The fourth-order valence-corrected chi connectivity index (χ4v) is 2.45.